The van der Waals surface area contributed by atoms with E-state index >= 15 is 0 Å². The molecule has 2 fully saturated rings. The van der Waals surface area contributed by atoms with Crippen LogP contribution in [0.25, 0.3) is 0 Å². The Kier molecular flexibility index (Phi) is 4.83. The van der Waals surface area contributed by atoms with E-state index in [2.05, 4.69) is 11.8 Å². The van der Waals surface area contributed by atoms with Crippen molar-refractivity contribution in [2.45, 2.75) is 51.2 Å². The summed E-state index contributed by atoms with van der Waals surface area (Å²) in [4.78, 5) is 2.68. The van der Waals surface area contributed by atoms with Crippen LogP contribution in [0.15, 0.2) is 0 Å². The van der Waals surface area contributed by atoms with Gasteiger partial charge in [0.2, 0.25) is 0 Å². The molecule has 1 aliphatic heterocycles. The first-order valence-corrected chi connectivity index (χ1v) is 7.21. The predicted molar refractivity (Wildman–Crippen MR) is 71.0 cm³/mol. The van der Waals surface area contributed by atoms with E-state index in [4.69, 9.17) is 10.5 Å². The van der Waals surface area contributed by atoms with Gasteiger partial charge < -0.3 is 10.5 Å². The number of nitrogens with two attached hydrogens (primary N) is 1. The zero-order chi connectivity index (χ0) is 12.3. The molecule has 0 radical (unpaired) electrons. The van der Waals surface area contributed by atoms with Gasteiger partial charge in [-0.2, -0.15) is 0 Å². The van der Waals surface area contributed by atoms with Crippen LogP contribution in [-0.4, -0.2) is 43.8 Å². The van der Waals surface area contributed by atoms with Gasteiger partial charge in [-0.3, -0.25) is 4.90 Å². The molecule has 4 unspecified atom stereocenters. The summed E-state index contributed by atoms with van der Waals surface area (Å²) in [5.41, 5.74) is 5.89. The molecule has 0 aromatic carbocycles. The van der Waals surface area contributed by atoms with Crippen molar-refractivity contribution >= 4 is 0 Å². The van der Waals surface area contributed by atoms with E-state index in [1.54, 1.807) is 0 Å². The van der Waals surface area contributed by atoms with Crippen LogP contribution in [0, 0.1) is 11.8 Å². The Morgan fingerprint density at radius 1 is 1.29 bits per heavy atom. The minimum Gasteiger partial charge on any atom is -0.381 e. The average Bonchev–Trinajstić information content (AvgIpc) is 2.39. The summed E-state index contributed by atoms with van der Waals surface area (Å²) >= 11 is 0. The minimum absolute atomic E-state index is 0.490. The number of hydrogen-bond donors (Lipinski definition) is 1. The number of hydrogen-bond acceptors (Lipinski definition) is 3. The molecule has 2 rings (SSSR count). The first-order chi connectivity index (χ1) is 8.24. The van der Waals surface area contributed by atoms with Crippen LogP contribution in [0.5, 0.6) is 0 Å². The maximum absolute atomic E-state index is 5.89. The van der Waals surface area contributed by atoms with Crippen molar-refractivity contribution in [2.24, 2.45) is 17.6 Å². The minimum atomic E-state index is 0.490. The number of likely N-dealkylation sites (tertiary alicyclic amines) is 1. The molecule has 17 heavy (non-hydrogen) atoms. The maximum atomic E-state index is 5.89. The Labute approximate surface area is 106 Å². The quantitative estimate of drug-likeness (QED) is 0.818. The smallest absolute Gasteiger partial charge is 0.0586 e. The maximum Gasteiger partial charge on any atom is 0.0586 e. The van der Waals surface area contributed by atoms with Crippen LogP contribution in [0.3, 0.4) is 0 Å². The van der Waals surface area contributed by atoms with Gasteiger partial charge >= 0.3 is 0 Å². The number of ether oxygens (including phenoxy) is 1. The fourth-order valence-corrected chi connectivity index (χ4v) is 3.48. The topological polar surface area (TPSA) is 38.5 Å². The van der Waals surface area contributed by atoms with Crippen molar-refractivity contribution < 1.29 is 4.74 Å². The second-order valence-electron chi connectivity index (χ2n) is 5.93. The summed E-state index contributed by atoms with van der Waals surface area (Å²) in [5, 5.41) is 0. The molecule has 0 spiro atoms. The summed E-state index contributed by atoms with van der Waals surface area (Å²) in [6.45, 7) is 5.67. The molecule has 100 valence electrons. The van der Waals surface area contributed by atoms with E-state index in [0.29, 0.717) is 12.0 Å². The standard InChI is InChI=1S/C14H28N2O/c1-11-6-7-16(10-12(11)9-15)13-4-3-5-14(8-13)17-2/h11-14H,3-10,15H2,1-2H3. The van der Waals surface area contributed by atoms with Crippen LogP contribution in [-0.2, 0) is 4.74 Å². The van der Waals surface area contributed by atoms with E-state index in [9.17, 15) is 0 Å². The Balaban J connectivity index is 1.89. The molecular weight excluding hydrogens is 212 g/mol. The number of rotatable bonds is 3. The normalized spacial score (nSPS) is 40.4. The number of nitrogens with zero attached hydrogens (tertiary/aromatic N) is 1. The highest BCUT2D eigenvalue weighted by Gasteiger charge is 2.32. The molecule has 1 saturated carbocycles. The predicted octanol–water partition coefficient (Wildman–Crippen LogP) is 1.86. The SMILES string of the molecule is COC1CCCC(N2CCC(C)C(CN)C2)C1. The third kappa shape index (κ3) is 3.21. The summed E-state index contributed by atoms with van der Waals surface area (Å²) in [5.74, 6) is 1.50. The fraction of sp³-hybridized carbons (Fsp3) is 1.00. The van der Waals surface area contributed by atoms with Gasteiger partial charge in [0.25, 0.3) is 0 Å². The lowest BCUT2D eigenvalue weighted by atomic mass is 9.84. The Bertz CT molecular complexity index is 234. The zero-order valence-electron chi connectivity index (χ0n) is 11.4. The lowest BCUT2D eigenvalue weighted by Crippen LogP contribution is -2.49. The third-order valence-electron chi connectivity index (χ3n) is 4.90. The third-order valence-corrected chi connectivity index (χ3v) is 4.90. The van der Waals surface area contributed by atoms with Crippen molar-refractivity contribution in [3.8, 4) is 0 Å². The zero-order valence-corrected chi connectivity index (χ0v) is 11.4. The van der Waals surface area contributed by atoms with Crippen molar-refractivity contribution in [3.05, 3.63) is 0 Å². The molecule has 3 nitrogen and oxygen atoms in total. The molecule has 0 amide bonds. The summed E-state index contributed by atoms with van der Waals surface area (Å²) < 4.78 is 5.54. The first-order valence-electron chi connectivity index (χ1n) is 7.21. The van der Waals surface area contributed by atoms with Crippen LogP contribution in [0.4, 0.5) is 0 Å². The fourth-order valence-electron chi connectivity index (χ4n) is 3.48. The molecule has 0 aromatic heterocycles. The molecule has 0 aromatic rings. The summed E-state index contributed by atoms with van der Waals surface area (Å²) in [7, 11) is 1.86. The Hall–Kier alpha value is -0.120. The highest BCUT2D eigenvalue weighted by atomic mass is 16.5. The van der Waals surface area contributed by atoms with Gasteiger partial charge in [-0.25, -0.2) is 0 Å². The lowest BCUT2D eigenvalue weighted by Gasteiger charge is -2.43. The summed E-state index contributed by atoms with van der Waals surface area (Å²) in [6.07, 6.45) is 6.95. The Morgan fingerprint density at radius 2 is 2.12 bits per heavy atom. The van der Waals surface area contributed by atoms with Crippen molar-refractivity contribution in [1.82, 2.24) is 4.90 Å². The highest BCUT2D eigenvalue weighted by molar-refractivity contribution is 4.86. The molecule has 4 atom stereocenters. The molecule has 2 aliphatic rings. The van der Waals surface area contributed by atoms with Gasteiger partial charge in [-0.1, -0.05) is 6.92 Å². The van der Waals surface area contributed by atoms with Crippen molar-refractivity contribution in [3.63, 3.8) is 0 Å². The molecule has 3 heteroatoms. The monoisotopic (exact) mass is 240 g/mol. The van der Waals surface area contributed by atoms with Gasteiger partial charge in [-0.05, 0) is 57.0 Å². The Morgan fingerprint density at radius 3 is 2.82 bits per heavy atom. The lowest BCUT2D eigenvalue weighted by molar-refractivity contribution is 0.00776. The van der Waals surface area contributed by atoms with Gasteiger partial charge in [0.15, 0.2) is 0 Å². The molecule has 1 heterocycles. The largest absolute Gasteiger partial charge is 0.381 e. The second kappa shape index (κ2) is 6.17. The molecular formula is C14H28N2O. The van der Waals surface area contributed by atoms with E-state index in [-0.39, 0.29) is 0 Å². The molecule has 1 saturated heterocycles. The van der Waals surface area contributed by atoms with Gasteiger partial charge in [0, 0.05) is 19.7 Å². The van der Waals surface area contributed by atoms with Crippen LogP contribution >= 0.6 is 0 Å². The van der Waals surface area contributed by atoms with Crippen LogP contribution < -0.4 is 5.73 Å². The first kappa shape index (κ1) is 13.3. The van der Waals surface area contributed by atoms with Gasteiger partial charge in [-0.15, -0.1) is 0 Å². The van der Waals surface area contributed by atoms with Gasteiger partial charge in [0.05, 0.1) is 6.10 Å². The molecule has 1 aliphatic carbocycles. The van der Waals surface area contributed by atoms with Gasteiger partial charge in [0.1, 0.15) is 0 Å². The molecule has 0 bridgehead atoms. The van der Waals surface area contributed by atoms with E-state index in [1.165, 1.54) is 45.2 Å². The number of piperidine rings is 1. The van der Waals surface area contributed by atoms with E-state index in [1.807, 2.05) is 7.11 Å². The average molecular weight is 240 g/mol. The van der Waals surface area contributed by atoms with E-state index < -0.39 is 0 Å². The van der Waals surface area contributed by atoms with Crippen LogP contribution in [0.2, 0.25) is 0 Å². The highest BCUT2D eigenvalue weighted by Crippen LogP contribution is 2.30. The van der Waals surface area contributed by atoms with E-state index in [0.717, 1.165) is 18.5 Å². The second-order valence-corrected chi connectivity index (χ2v) is 5.93. The van der Waals surface area contributed by atoms with Crippen LogP contribution in [0.1, 0.15) is 39.0 Å². The van der Waals surface area contributed by atoms with Crippen molar-refractivity contribution in [2.75, 3.05) is 26.7 Å². The summed E-state index contributed by atoms with van der Waals surface area (Å²) in [6, 6.07) is 0.746. The molecule has 2 N–H and O–H groups in total. The number of methoxy groups -OCH3 is 1. The van der Waals surface area contributed by atoms with Crippen molar-refractivity contribution in [1.29, 1.82) is 0 Å².